The molecule has 0 unspecified atom stereocenters. The molecule has 6 heteroatoms. The van der Waals surface area contributed by atoms with Crippen molar-refractivity contribution in [2.24, 2.45) is 10.9 Å². The van der Waals surface area contributed by atoms with Gasteiger partial charge >= 0.3 is 0 Å². The maximum absolute atomic E-state index is 12.4. The minimum Gasteiger partial charge on any atom is -0.497 e. The summed E-state index contributed by atoms with van der Waals surface area (Å²) in [4.78, 5) is 16.7. The molecule has 1 aromatic carbocycles. The van der Waals surface area contributed by atoms with Gasteiger partial charge in [-0.3, -0.25) is 10.1 Å². The Kier molecular flexibility index (Phi) is 7.06. The fourth-order valence-corrected chi connectivity index (χ4v) is 2.25. The van der Waals surface area contributed by atoms with Crippen molar-refractivity contribution in [3.63, 3.8) is 0 Å². The van der Waals surface area contributed by atoms with E-state index in [1.165, 1.54) is 0 Å². The van der Waals surface area contributed by atoms with Crippen LogP contribution in [-0.2, 0) is 9.47 Å². The van der Waals surface area contributed by atoms with Crippen molar-refractivity contribution in [1.82, 2.24) is 5.32 Å². The molecule has 6 nitrogen and oxygen atoms in total. The van der Waals surface area contributed by atoms with Crippen LogP contribution >= 0.6 is 0 Å². The molecule has 0 saturated carbocycles. The van der Waals surface area contributed by atoms with E-state index in [9.17, 15) is 4.79 Å². The Balaban J connectivity index is 1.98. The molecule has 1 aliphatic heterocycles. The summed E-state index contributed by atoms with van der Waals surface area (Å²) >= 11 is 0. The zero-order chi connectivity index (χ0) is 17.4. The number of nitrogens with zero attached hydrogens (tertiary/aromatic N) is 1. The van der Waals surface area contributed by atoms with Gasteiger partial charge < -0.3 is 14.2 Å². The Morgan fingerprint density at radius 2 is 2.12 bits per heavy atom. The summed E-state index contributed by atoms with van der Waals surface area (Å²) in [5.41, 5.74) is 0.522. The van der Waals surface area contributed by atoms with Crippen LogP contribution in [0.3, 0.4) is 0 Å². The molecule has 0 spiro atoms. The van der Waals surface area contributed by atoms with Crippen LogP contribution in [0.15, 0.2) is 29.3 Å². The Morgan fingerprint density at radius 1 is 1.38 bits per heavy atom. The molecule has 0 aliphatic carbocycles. The zero-order valence-electron chi connectivity index (χ0n) is 14.6. The van der Waals surface area contributed by atoms with Crippen LogP contribution in [0.5, 0.6) is 5.75 Å². The minimum atomic E-state index is -0.257. The SMILES string of the molecule is COc1ccc(C(=O)NC(=NC[C@@H]2CCCO2)OCC(C)C)cc1. The highest BCUT2D eigenvalue weighted by Crippen LogP contribution is 2.13. The number of amides is 1. The molecule has 132 valence electrons. The fraction of sp³-hybridized carbons (Fsp3) is 0.556. The number of methoxy groups -OCH3 is 1. The second-order valence-corrected chi connectivity index (χ2v) is 6.17. The van der Waals surface area contributed by atoms with Crippen molar-refractivity contribution >= 4 is 11.9 Å². The maximum atomic E-state index is 12.4. The van der Waals surface area contributed by atoms with Gasteiger partial charge in [-0.1, -0.05) is 13.8 Å². The summed E-state index contributed by atoms with van der Waals surface area (Å²) in [6.45, 7) is 5.86. The molecule has 1 heterocycles. The number of carbonyl (C=O) groups is 1. The van der Waals surface area contributed by atoms with Crippen molar-refractivity contribution in [3.8, 4) is 5.75 Å². The number of nitrogens with one attached hydrogen (secondary N) is 1. The lowest BCUT2D eigenvalue weighted by Gasteiger charge is -2.14. The van der Waals surface area contributed by atoms with Gasteiger partial charge in [0.05, 0.1) is 26.4 Å². The lowest BCUT2D eigenvalue weighted by molar-refractivity contribution is 0.0960. The third-order valence-corrected chi connectivity index (χ3v) is 3.59. The predicted octanol–water partition coefficient (Wildman–Crippen LogP) is 2.63. The quantitative estimate of drug-likeness (QED) is 0.641. The molecular formula is C18H26N2O4. The number of carbonyl (C=O) groups excluding carboxylic acids is 1. The molecule has 1 atom stereocenters. The van der Waals surface area contributed by atoms with Crippen LogP contribution in [0.25, 0.3) is 0 Å². The first kappa shape index (κ1) is 18.3. The summed E-state index contributed by atoms with van der Waals surface area (Å²) in [5.74, 6) is 0.790. The van der Waals surface area contributed by atoms with Crippen LogP contribution in [0.2, 0.25) is 0 Å². The first-order chi connectivity index (χ1) is 11.6. The summed E-state index contributed by atoms with van der Waals surface area (Å²) < 4.78 is 16.3. The maximum Gasteiger partial charge on any atom is 0.291 e. The molecule has 1 amide bonds. The van der Waals surface area contributed by atoms with Crippen molar-refractivity contribution in [2.75, 3.05) is 26.9 Å². The summed E-state index contributed by atoms with van der Waals surface area (Å²) in [6, 6.07) is 7.14. The average Bonchev–Trinajstić information content (AvgIpc) is 3.10. The molecule has 0 bridgehead atoms. The van der Waals surface area contributed by atoms with E-state index < -0.39 is 0 Å². The van der Waals surface area contributed by atoms with E-state index >= 15 is 0 Å². The number of ether oxygens (including phenoxy) is 3. The lowest BCUT2D eigenvalue weighted by atomic mass is 10.2. The third-order valence-electron chi connectivity index (χ3n) is 3.59. The van der Waals surface area contributed by atoms with Gasteiger partial charge in [-0.2, -0.15) is 0 Å². The van der Waals surface area contributed by atoms with Gasteiger partial charge in [0.2, 0.25) is 0 Å². The van der Waals surface area contributed by atoms with Gasteiger partial charge in [0.25, 0.3) is 11.9 Å². The van der Waals surface area contributed by atoms with Crippen LogP contribution in [0.4, 0.5) is 0 Å². The topological polar surface area (TPSA) is 69.2 Å². The van der Waals surface area contributed by atoms with E-state index in [4.69, 9.17) is 14.2 Å². The van der Waals surface area contributed by atoms with E-state index in [1.807, 2.05) is 13.8 Å². The first-order valence-electron chi connectivity index (χ1n) is 8.32. The van der Waals surface area contributed by atoms with Gasteiger partial charge in [-0.25, -0.2) is 4.99 Å². The van der Waals surface area contributed by atoms with Crippen molar-refractivity contribution in [3.05, 3.63) is 29.8 Å². The number of hydrogen-bond donors (Lipinski definition) is 1. The van der Waals surface area contributed by atoms with Crippen molar-refractivity contribution < 1.29 is 19.0 Å². The normalized spacial score (nSPS) is 17.8. The number of hydrogen-bond acceptors (Lipinski definition) is 5. The molecule has 0 aromatic heterocycles. The van der Waals surface area contributed by atoms with Gasteiger partial charge in [0, 0.05) is 12.2 Å². The van der Waals surface area contributed by atoms with E-state index in [1.54, 1.807) is 31.4 Å². The predicted molar refractivity (Wildman–Crippen MR) is 92.5 cm³/mol. The Labute approximate surface area is 143 Å². The number of rotatable bonds is 6. The van der Waals surface area contributed by atoms with Gasteiger partial charge in [0.1, 0.15) is 5.75 Å². The lowest BCUT2D eigenvalue weighted by Crippen LogP contribution is -2.34. The average molecular weight is 334 g/mol. The van der Waals surface area contributed by atoms with E-state index in [2.05, 4.69) is 10.3 Å². The van der Waals surface area contributed by atoms with Gasteiger partial charge in [0.15, 0.2) is 0 Å². The highest BCUT2D eigenvalue weighted by atomic mass is 16.5. The molecular weight excluding hydrogens is 308 g/mol. The molecule has 24 heavy (non-hydrogen) atoms. The van der Waals surface area contributed by atoms with Crippen molar-refractivity contribution in [1.29, 1.82) is 0 Å². The summed E-state index contributed by atoms with van der Waals surface area (Å²) in [7, 11) is 1.59. The third kappa shape index (κ3) is 5.85. The monoisotopic (exact) mass is 334 g/mol. The number of benzene rings is 1. The smallest absolute Gasteiger partial charge is 0.291 e. The molecule has 1 saturated heterocycles. The first-order valence-corrected chi connectivity index (χ1v) is 8.32. The Bertz CT molecular complexity index is 549. The second-order valence-electron chi connectivity index (χ2n) is 6.17. The second kappa shape index (κ2) is 9.27. The number of aliphatic imine (C=N–C) groups is 1. The van der Waals surface area contributed by atoms with Crippen LogP contribution in [0, 0.1) is 5.92 Å². The van der Waals surface area contributed by atoms with Crippen molar-refractivity contribution in [2.45, 2.75) is 32.8 Å². The van der Waals surface area contributed by atoms with Crippen LogP contribution in [-0.4, -0.2) is 44.9 Å². The molecule has 2 rings (SSSR count). The standard InChI is InChI=1S/C18H26N2O4/c1-13(2)12-24-18(19-11-16-5-4-10-23-16)20-17(21)14-6-8-15(22-3)9-7-14/h6-9,13,16H,4-5,10-12H2,1-3H3,(H,19,20,21)/t16-/m0/s1. The highest BCUT2D eigenvalue weighted by molar-refractivity contribution is 6.04. The van der Waals surface area contributed by atoms with E-state index in [0.29, 0.717) is 30.4 Å². The number of amidine groups is 1. The van der Waals surface area contributed by atoms with Crippen LogP contribution in [0.1, 0.15) is 37.0 Å². The van der Waals surface area contributed by atoms with Crippen LogP contribution < -0.4 is 10.1 Å². The zero-order valence-corrected chi connectivity index (χ0v) is 14.6. The van der Waals surface area contributed by atoms with Gasteiger partial charge in [-0.15, -0.1) is 0 Å². The highest BCUT2D eigenvalue weighted by Gasteiger charge is 2.16. The minimum absolute atomic E-state index is 0.112. The largest absolute Gasteiger partial charge is 0.497 e. The molecule has 0 radical (unpaired) electrons. The summed E-state index contributed by atoms with van der Waals surface area (Å²) in [6.07, 6.45) is 2.16. The molecule has 1 fully saturated rings. The molecule has 1 aliphatic rings. The van der Waals surface area contributed by atoms with E-state index in [-0.39, 0.29) is 18.0 Å². The van der Waals surface area contributed by atoms with Gasteiger partial charge in [-0.05, 0) is 43.0 Å². The molecule has 1 N–H and O–H groups in total. The Hall–Kier alpha value is -2.08. The fourth-order valence-electron chi connectivity index (χ4n) is 2.25. The molecule has 1 aromatic rings. The summed E-state index contributed by atoms with van der Waals surface area (Å²) in [5, 5.41) is 2.74. The Morgan fingerprint density at radius 3 is 2.71 bits per heavy atom. The van der Waals surface area contributed by atoms with E-state index in [0.717, 1.165) is 19.4 Å².